The maximum atomic E-state index is 12.9. The third kappa shape index (κ3) is 5.28. The zero-order valence-electron chi connectivity index (χ0n) is 17.7. The lowest BCUT2D eigenvalue weighted by Crippen LogP contribution is -2.35. The van der Waals surface area contributed by atoms with Gasteiger partial charge in [0.1, 0.15) is 5.52 Å². The van der Waals surface area contributed by atoms with Crippen molar-refractivity contribution in [3.8, 4) is 0 Å². The van der Waals surface area contributed by atoms with Crippen LogP contribution < -0.4 is 5.32 Å². The zero-order valence-corrected chi connectivity index (χ0v) is 19.3. The molecule has 10 heteroatoms. The van der Waals surface area contributed by atoms with Crippen molar-refractivity contribution in [3.05, 3.63) is 53.1 Å². The SMILES string of the molecule is O=C(CCCn1nnc2cc(S(=O)(=O)N3CCCCC3)ccc21)NCc1ccc(Cl)cc1. The van der Waals surface area contributed by atoms with E-state index in [4.69, 9.17) is 11.6 Å². The van der Waals surface area contributed by atoms with E-state index in [1.807, 2.05) is 12.1 Å². The van der Waals surface area contributed by atoms with Crippen LogP contribution in [0.3, 0.4) is 0 Å². The van der Waals surface area contributed by atoms with Crippen LogP contribution in [-0.4, -0.2) is 46.7 Å². The van der Waals surface area contributed by atoms with Crippen molar-refractivity contribution in [2.24, 2.45) is 0 Å². The molecule has 2 heterocycles. The van der Waals surface area contributed by atoms with E-state index in [0.29, 0.717) is 49.6 Å². The van der Waals surface area contributed by atoms with Gasteiger partial charge in [-0.15, -0.1) is 5.10 Å². The molecule has 170 valence electrons. The first-order valence-electron chi connectivity index (χ1n) is 10.8. The minimum absolute atomic E-state index is 0.0423. The topological polar surface area (TPSA) is 97.2 Å². The van der Waals surface area contributed by atoms with Crippen molar-refractivity contribution in [1.29, 1.82) is 0 Å². The summed E-state index contributed by atoms with van der Waals surface area (Å²) in [7, 11) is -3.51. The summed E-state index contributed by atoms with van der Waals surface area (Å²) >= 11 is 5.87. The second-order valence-electron chi connectivity index (χ2n) is 7.93. The molecule has 0 radical (unpaired) electrons. The van der Waals surface area contributed by atoms with Gasteiger partial charge in [0.2, 0.25) is 15.9 Å². The fourth-order valence-corrected chi connectivity index (χ4v) is 5.48. The van der Waals surface area contributed by atoms with Crippen LogP contribution in [0.5, 0.6) is 0 Å². The van der Waals surface area contributed by atoms with Crippen molar-refractivity contribution in [3.63, 3.8) is 0 Å². The molecule has 1 aliphatic rings. The summed E-state index contributed by atoms with van der Waals surface area (Å²) < 4.78 is 29.0. The number of aryl methyl sites for hydroxylation is 1. The van der Waals surface area contributed by atoms with Crippen LogP contribution in [-0.2, 0) is 27.9 Å². The molecule has 2 aromatic carbocycles. The minimum Gasteiger partial charge on any atom is -0.352 e. The molecule has 0 spiro atoms. The fraction of sp³-hybridized carbons (Fsp3) is 0.409. The van der Waals surface area contributed by atoms with Crippen LogP contribution in [0.4, 0.5) is 0 Å². The Balaban J connectivity index is 1.33. The minimum atomic E-state index is -3.51. The third-order valence-corrected chi connectivity index (χ3v) is 7.76. The highest BCUT2D eigenvalue weighted by molar-refractivity contribution is 7.89. The van der Waals surface area contributed by atoms with Gasteiger partial charge in [0.25, 0.3) is 0 Å². The lowest BCUT2D eigenvalue weighted by Gasteiger charge is -2.25. The van der Waals surface area contributed by atoms with Gasteiger partial charge in [-0.2, -0.15) is 4.31 Å². The summed E-state index contributed by atoms with van der Waals surface area (Å²) in [6.07, 6.45) is 3.81. The number of carbonyl (C=O) groups excluding carboxylic acids is 1. The number of hydrogen-bond donors (Lipinski definition) is 1. The molecule has 4 rings (SSSR count). The maximum Gasteiger partial charge on any atom is 0.243 e. The van der Waals surface area contributed by atoms with Crippen LogP contribution in [0.25, 0.3) is 11.0 Å². The molecule has 1 N–H and O–H groups in total. The van der Waals surface area contributed by atoms with Crippen molar-refractivity contribution >= 4 is 38.6 Å². The highest BCUT2D eigenvalue weighted by Crippen LogP contribution is 2.23. The van der Waals surface area contributed by atoms with E-state index in [9.17, 15) is 13.2 Å². The standard InChI is InChI=1S/C22H26ClN5O3S/c23-18-8-6-17(7-9-18)16-24-22(29)5-4-14-28-21-11-10-19(15-20(21)25-26-28)32(30,31)27-12-2-1-3-13-27/h6-11,15H,1-5,12-14,16H2,(H,24,29). The molecule has 0 bridgehead atoms. The van der Waals surface area contributed by atoms with Crippen LogP contribution in [0.2, 0.25) is 5.02 Å². The first kappa shape index (κ1) is 22.7. The number of amides is 1. The second-order valence-corrected chi connectivity index (χ2v) is 10.3. The molecule has 0 atom stereocenters. The predicted octanol–water partition coefficient (Wildman–Crippen LogP) is 3.36. The lowest BCUT2D eigenvalue weighted by atomic mass is 10.2. The summed E-state index contributed by atoms with van der Waals surface area (Å²) in [5.41, 5.74) is 2.28. The molecule has 1 aromatic heterocycles. The first-order chi connectivity index (χ1) is 15.4. The average Bonchev–Trinajstić information content (AvgIpc) is 3.21. The van der Waals surface area contributed by atoms with Gasteiger partial charge in [-0.05, 0) is 55.2 Å². The molecule has 1 saturated heterocycles. The Kier molecular flexibility index (Phi) is 7.07. The average molecular weight is 476 g/mol. The zero-order chi connectivity index (χ0) is 22.6. The van der Waals surface area contributed by atoms with E-state index in [1.165, 1.54) is 0 Å². The number of rotatable bonds is 8. The maximum absolute atomic E-state index is 12.9. The summed E-state index contributed by atoms with van der Waals surface area (Å²) in [4.78, 5) is 12.4. The molecule has 8 nitrogen and oxygen atoms in total. The van der Waals surface area contributed by atoms with E-state index < -0.39 is 10.0 Å². The number of sulfonamides is 1. The molecule has 1 aliphatic heterocycles. The van der Waals surface area contributed by atoms with Crippen molar-refractivity contribution in [2.45, 2.75) is 50.1 Å². The molecular formula is C22H26ClN5O3S. The summed E-state index contributed by atoms with van der Waals surface area (Å²) in [6.45, 7) is 2.10. The summed E-state index contributed by atoms with van der Waals surface area (Å²) in [5.74, 6) is -0.0423. The van der Waals surface area contributed by atoms with E-state index in [2.05, 4.69) is 15.6 Å². The monoisotopic (exact) mass is 475 g/mol. The quantitative estimate of drug-likeness (QED) is 0.538. The number of nitrogens with one attached hydrogen (secondary N) is 1. The molecule has 32 heavy (non-hydrogen) atoms. The van der Waals surface area contributed by atoms with Gasteiger partial charge in [-0.25, -0.2) is 13.1 Å². The first-order valence-corrected chi connectivity index (χ1v) is 12.6. The molecule has 0 saturated carbocycles. The number of carbonyl (C=O) groups is 1. The van der Waals surface area contributed by atoms with Gasteiger partial charge >= 0.3 is 0 Å². The van der Waals surface area contributed by atoms with Gasteiger partial charge < -0.3 is 5.32 Å². The van der Waals surface area contributed by atoms with Crippen LogP contribution in [0.1, 0.15) is 37.7 Å². The number of fused-ring (bicyclic) bond motifs is 1. The van der Waals surface area contributed by atoms with Crippen LogP contribution >= 0.6 is 11.6 Å². The van der Waals surface area contributed by atoms with Crippen LogP contribution in [0, 0.1) is 0 Å². The number of nitrogens with zero attached hydrogens (tertiary/aromatic N) is 4. The second kappa shape index (κ2) is 9.97. The number of aromatic nitrogens is 3. The van der Waals surface area contributed by atoms with Gasteiger partial charge in [0.05, 0.1) is 10.4 Å². The number of benzene rings is 2. The highest BCUT2D eigenvalue weighted by Gasteiger charge is 2.26. The third-order valence-electron chi connectivity index (χ3n) is 5.61. The summed E-state index contributed by atoms with van der Waals surface area (Å²) in [6, 6.07) is 12.3. The smallest absolute Gasteiger partial charge is 0.243 e. The lowest BCUT2D eigenvalue weighted by molar-refractivity contribution is -0.121. The Hall–Kier alpha value is -2.49. The molecular weight excluding hydrogens is 450 g/mol. The number of piperidine rings is 1. The Bertz CT molecular complexity index is 1190. The van der Waals surface area contributed by atoms with Gasteiger partial charge in [-0.1, -0.05) is 35.4 Å². The van der Waals surface area contributed by atoms with E-state index >= 15 is 0 Å². The Morgan fingerprint density at radius 2 is 1.81 bits per heavy atom. The summed E-state index contributed by atoms with van der Waals surface area (Å²) in [5, 5.41) is 11.8. The van der Waals surface area contributed by atoms with Gasteiger partial charge in [-0.3, -0.25) is 4.79 Å². The number of hydrogen-bond acceptors (Lipinski definition) is 5. The Labute approximate surface area is 192 Å². The van der Waals surface area contributed by atoms with Gasteiger partial charge in [0, 0.05) is 37.6 Å². The highest BCUT2D eigenvalue weighted by atomic mass is 35.5. The molecule has 0 unspecified atom stereocenters. The Morgan fingerprint density at radius 1 is 1.06 bits per heavy atom. The number of halogens is 1. The van der Waals surface area contributed by atoms with Crippen molar-refractivity contribution in [2.75, 3.05) is 13.1 Å². The normalized spacial score (nSPS) is 15.2. The van der Waals surface area contributed by atoms with Crippen molar-refractivity contribution in [1.82, 2.24) is 24.6 Å². The van der Waals surface area contributed by atoms with E-state index in [-0.39, 0.29) is 10.8 Å². The Morgan fingerprint density at radius 3 is 2.56 bits per heavy atom. The largest absolute Gasteiger partial charge is 0.352 e. The predicted molar refractivity (Wildman–Crippen MR) is 123 cm³/mol. The van der Waals surface area contributed by atoms with E-state index in [1.54, 1.807) is 39.3 Å². The molecule has 3 aromatic rings. The van der Waals surface area contributed by atoms with Crippen molar-refractivity contribution < 1.29 is 13.2 Å². The molecule has 1 amide bonds. The van der Waals surface area contributed by atoms with Gasteiger partial charge in [0.15, 0.2) is 0 Å². The van der Waals surface area contributed by atoms with Crippen LogP contribution in [0.15, 0.2) is 47.4 Å². The van der Waals surface area contributed by atoms with E-state index in [0.717, 1.165) is 30.3 Å². The molecule has 0 aliphatic carbocycles. The molecule has 1 fully saturated rings. The fourth-order valence-electron chi connectivity index (χ4n) is 3.81.